The molecule has 0 aliphatic carbocycles. The molecule has 1 unspecified atom stereocenters. The number of likely N-dealkylation sites (tertiary alicyclic amines) is 1. The quantitative estimate of drug-likeness (QED) is 0.893. The molecule has 3 nitrogen and oxygen atoms in total. The third kappa shape index (κ3) is 3.45. The minimum atomic E-state index is 0. The van der Waals surface area contributed by atoms with E-state index >= 15 is 0 Å². The van der Waals surface area contributed by atoms with E-state index in [-0.39, 0.29) is 18.3 Å². The Hall–Kier alpha value is -1.06. The number of aryl methyl sites for hydroxylation is 1. The van der Waals surface area contributed by atoms with Crippen molar-refractivity contribution in [3.8, 4) is 0 Å². The Labute approximate surface area is 108 Å². The summed E-state index contributed by atoms with van der Waals surface area (Å²) in [5.41, 5.74) is 8.03. The Bertz CT molecular complexity index is 395. The van der Waals surface area contributed by atoms with Gasteiger partial charge in [0.05, 0.1) is 0 Å². The Morgan fingerprint density at radius 2 is 2.24 bits per heavy atom. The third-order valence-electron chi connectivity index (χ3n) is 3.08. The predicted molar refractivity (Wildman–Crippen MR) is 71.0 cm³/mol. The molecule has 4 heteroatoms. The van der Waals surface area contributed by atoms with Crippen LogP contribution in [0.1, 0.15) is 17.5 Å². The summed E-state index contributed by atoms with van der Waals surface area (Å²) in [6, 6.07) is 8.29. The molecule has 2 N–H and O–H groups in total. The van der Waals surface area contributed by atoms with Crippen LogP contribution in [0.4, 0.5) is 0 Å². The Kier molecular flexibility index (Phi) is 4.97. The van der Waals surface area contributed by atoms with Gasteiger partial charge in [0.1, 0.15) is 0 Å². The molecule has 1 heterocycles. The van der Waals surface area contributed by atoms with Crippen LogP contribution < -0.4 is 5.73 Å². The average Bonchev–Trinajstić information content (AvgIpc) is 2.60. The standard InChI is InChI=1S/C13H18N2O.ClH/c1-10-3-2-4-11(5-10)8-15-9-12(7-14)6-13(15)16;/h2-5,12H,6-9,14H2,1H3;1H. The number of carbonyl (C=O) groups excluding carboxylic acids is 1. The first-order valence-corrected chi connectivity index (χ1v) is 5.72. The minimum absolute atomic E-state index is 0. The molecule has 2 rings (SSSR count). The molecular formula is C13H19ClN2O. The summed E-state index contributed by atoms with van der Waals surface area (Å²) in [5.74, 6) is 0.578. The van der Waals surface area contributed by atoms with Crippen LogP contribution in [0, 0.1) is 12.8 Å². The highest BCUT2D eigenvalue weighted by atomic mass is 35.5. The second-order valence-corrected chi connectivity index (χ2v) is 4.57. The van der Waals surface area contributed by atoms with Crippen LogP contribution in [0.5, 0.6) is 0 Å². The average molecular weight is 255 g/mol. The van der Waals surface area contributed by atoms with Crippen molar-refractivity contribution < 1.29 is 4.79 Å². The lowest BCUT2D eigenvalue weighted by Crippen LogP contribution is -2.25. The summed E-state index contributed by atoms with van der Waals surface area (Å²) in [4.78, 5) is 13.6. The Morgan fingerprint density at radius 3 is 2.82 bits per heavy atom. The maximum absolute atomic E-state index is 11.7. The largest absolute Gasteiger partial charge is 0.338 e. The SMILES string of the molecule is Cc1cccc(CN2CC(CN)CC2=O)c1.Cl. The van der Waals surface area contributed by atoms with Gasteiger partial charge < -0.3 is 10.6 Å². The molecule has 0 bridgehead atoms. The summed E-state index contributed by atoms with van der Waals surface area (Å²) in [6.45, 7) is 4.20. The van der Waals surface area contributed by atoms with E-state index in [1.807, 2.05) is 11.0 Å². The molecule has 0 radical (unpaired) electrons. The lowest BCUT2D eigenvalue weighted by molar-refractivity contribution is -0.128. The van der Waals surface area contributed by atoms with Gasteiger partial charge in [0.2, 0.25) is 5.91 Å². The molecule has 0 aromatic heterocycles. The highest BCUT2D eigenvalue weighted by molar-refractivity contribution is 5.85. The van der Waals surface area contributed by atoms with Crippen molar-refractivity contribution in [2.45, 2.75) is 19.9 Å². The highest BCUT2D eigenvalue weighted by Crippen LogP contribution is 2.19. The summed E-state index contributed by atoms with van der Waals surface area (Å²) in [6.07, 6.45) is 0.613. The number of halogens is 1. The molecule has 1 amide bonds. The van der Waals surface area contributed by atoms with Crippen LogP contribution in [0.2, 0.25) is 0 Å². The highest BCUT2D eigenvalue weighted by Gasteiger charge is 2.28. The van der Waals surface area contributed by atoms with Crippen molar-refractivity contribution in [3.63, 3.8) is 0 Å². The summed E-state index contributed by atoms with van der Waals surface area (Å²) < 4.78 is 0. The van der Waals surface area contributed by atoms with E-state index in [2.05, 4.69) is 25.1 Å². The van der Waals surface area contributed by atoms with E-state index in [9.17, 15) is 4.79 Å². The monoisotopic (exact) mass is 254 g/mol. The van der Waals surface area contributed by atoms with E-state index in [4.69, 9.17) is 5.73 Å². The number of nitrogens with two attached hydrogens (primary N) is 1. The zero-order chi connectivity index (χ0) is 11.5. The molecule has 1 fully saturated rings. The summed E-state index contributed by atoms with van der Waals surface area (Å²) in [7, 11) is 0. The number of benzene rings is 1. The first-order chi connectivity index (χ1) is 7.69. The Balaban J connectivity index is 0.00000144. The van der Waals surface area contributed by atoms with Gasteiger partial charge in [-0.25, -0.2) is 0 Å². The number of amides is 1. The van der Waals surface area contributed by atoms with Gasteiger partial charge in [0, 0.05) is 19.5 Å². The van der Waals surface area contributed by atoms with Crippen molar-refractivity contribution in [3.05, 3.63) is 35.4 Å². The van der Waals surface area contributed by atoms with Gasteiger partial charge in [-0.2, -0.15) is 0 Å². The zero-order valence-electron chi connectivity index (χ0n) is 10.1. The molecular weight excluding hydrogens is 236 g/mol. The van der Waals surface area contributed by atoms with Gasteiger partial charge in [0.25, 0.3) is 0 Å². The second kappa shape index (κ2) is 6.03. The summed E-state index contributed by atoms with van der Waals surface area (Å²) >= 11 is 0. The molecule has 1 saturated heterocycles. The molecule has 0 spiro atoms. The molecule has 94 valence electrons. The van der Waals surface area contributed by atoms with Crippen LogP contribution in [-0.2, 0) is 11.3 Å². The van der Waals surface area contributed by atoms with Crippen molar-refractivity contribution in [2.75, 3.05) is 13.1 Å². The van der Waals surface area contributed by atoms with E-state index in [1.165, 1.54) is 11.1 Å². The number of hydrogen-bond acceptors (Lipinski definition) is 2. The van der Waals surface area contributed by atoms with Crippen molar-refractivity contribution >= 4 is 18.3 Å². The fourth-order valence-corrected chi connectivity index (χ4v) is 2.20. The normalized spacial score (nSPS) is 19.3. The molecule has 17 heavy (non-hydrogen) atoms. The van der Waals surface area contributed by atoms with Gasteiger partial charge in [-0.1, -0.05) is 29.8 Å². The van der Waals surface area contributed by atoms with Crippen LogP contribution in [0.15, 0.2) is 24.3 Å². The number of rotatable bonds is 3. The van der Waals surface area contributed by atoms with Gasteiger partial charge in [0.15, 0.2) is 0 Å². The lowest BCUT2D eigenvalue weighted by Gasteiger charge is -2.16. The molecule has 1 aliphatic rings. The molecule has 1 atom stereocenters. The molecule has 1 aromatic rings. The van der Waals surface area contributed by atoms with Gasteiger partial charge >= 0.3 is 0 Å². The van der Waals surface area contributed by atoms with Gasteiger partial charge in [-0.3, -0.25) is 4.79 Å². The van der Waals surface area contributed by atoms with Crippen LogP contribution in [0.3, 0.4) is 0 Å². The molecule has 1 aliphatic heterocycles. The van der Waals surface area contributed by atoms with Crippen molar-refractivity contribution in [1.29, 1.82) is 0 Å². The zero-order valence-corrected chi connectivity index (χ0v) is 10.9. The topological polar surface area (TPSA) is 46.3 Å². The lowest BCUT2D eigenvalue weighted by atomic mass is 10.1. The van der Waals surface area contributed by atoms with E-state index in [0.717, 1.165) is 13.1 Å². The predicted octanol–water partition coefficient (Wildman–Crippen LogP) is 1.72. The van der Waals surface area contributed by atoms with Gasteiger partial charge in [-0.15, -0.1) is 12.4 Å². The number of nitrogens with zero attached hydrogens (tertiary/aromatic N) is 1. The first-order valence-electron chi connectivity index (χ1n) is 5.72. The maximum atomic E-state index is 11.7. The summed E-state index contributed by atoms with van der Waals surface area (Å²) in [5, 5.41) is 0. The maximum Gasteiger partial charge on any atom is 0.223 e. The third-order valence-corrected chi connectivity index (χ3v) is 3.08. The smallest absolute Gasteiger partial charge is 0.223 e. The van der Waals surface area contributed by atoms with Crippen LogP contribution >= 0.6 is 12.4 Å². The molecule has 1 aromatic carbocycles. The first kappa shape index (κ1) is 14.0. The second-order valence-electron chi connectivity index (χ2n) is 4.57. The van der Waals surface area contributed by atoms with Gasteiger partial charge in [-0.05, 0) is 24.9 Å². The Morgan fingerprint density at radius 1 is 1.47 bits per heavy atom. The van der Waals surface area contributed by atoms with Crippen LogP contribution in [0.25, 0.3) is 0 Å². The van der Waals surface area contributed by atoms with Crippen molar-refractivity contribution in [1.82, 2.24) is 4.90 Å². The number of carbonyl (C=O) groups is 1. The fraction of sp³-hybridized carbons (Fsp3) is 0.462. The van der Waals surface area contributed by atoms with Crippen molar-refractivity contribution in [2.24, 2.45) is 11.7 Å². The van der Waals surface area contributed by atoms with E-state index in [0.29, 0.717) is 18.9 Å². The van der Waals surface area contributed by atoms with E-state index in [1.54, 1.807) is 0 Å². The fourth-order valence-electron chi connectivity index (χ4n) is 2.20. The molecule has 0 saturated carbocycles. The minimum Gasteiger partial charge on any atom is -0.338 e. The number of hydrogen-bond donors (Lipinski definition) is 1. The van der Waals surface area contributed by atoms with Crippen LogP contribution in [-0.4, -0.2) is 23.9 Å². The van der Waals surface area contributed by atoms with E-state index < -0.39 is 0 Å².